The van der Waals surface area contributed by atoms with E-state index in [1.165, 1.54) is 11.6 Å². The van der Waals surface area contributed by atoms with Crippen LogP contribution in [0, 0.1) is 0 Å². The van der Waals surface area contributed by atoms with Gasteiger partial charge in [0.25, 0.3) is 5.56 Å². The summed E-state index contributed by atoms with van der Waals surface area (Å²) in [6.07, 6.45) is 1.63. The van der Waals surface area contributed by atoms with E-state index in [4.69, 9.17) is 5.73 Å². The Morgan fingerprint density at radius 2 is 1.86 bits per heavy atom. The van der Waals surface area contributed by atoms with E-state index in [1.807, 2.05) is 6.92 Å². The lowest BCUT2D eigenvalue weighted by molar-refractivity contribution is 0.147. The molecule has 0 aromatic carbocycles. The molecule has 0 radical (unpaired) electrons. The molecule has 0 saturated heterocycles. The number of hydrogen-bond donors (Lipinski definition) is 4. The fraction of sp³-hybridized carbons (Fsp3) is 0.692. The first-order valence-corrected chi connectivity index (χ1v) is 6.90. The first-order chi connectivity index (χ1) is 9.81. The fourth-order valence-electron chi connectivity index (χ4n) is 1.86. The third-order valence-electron chi connectivity index (χ3n) is 3.44. The number of unbranched alkanes of at least 4 members (excludes halogenated alkanes) is 1. The van der Waals surface area contributed by atoms with Gasteiger partial charge in [0.05, 0.1) is 18.8 Å². The Morgan fingerprint density at radius 1 is 1.29 bits per heavy atom. The van der Waals surface area contributed by atoms with E-state index in [0.717, 1.165) is 17.4 Å². The van der Waals surface area contributed by atoms with Gasteiger partial charge in [0.15, 0.2) is 0 Å². The zero-order chi connectivity index (χ0) is 16.2. The van der Waals surface area contributed by atoms with Crippen molar-refractivity contribution in [1.29, 1.82) is 0 Å². The zero-order valence-electron chi connectivity index (χ0n) is 12.7. The molecule has 0 unspecified atom stereocenters. The number of nitrogens with two attached hydrogens (primary N) is 1. The highest BCUT2D eigenvalue weighted by Gasteiger charge is 2.26. The minimum atomic E-state index is -1.10. The maximum absolute atomic E-state index is 12.2. The molecule has 0 aliphatic carbocycles. The van der Waals surface area contributed by atoms with Crippen LogP contribution in [0.1, 0.15) is 26.7 Å². The Kier molecular flexibility index (Phi) is 5.56. The van der Waals surface area contributed by atoms with E-state index in [9.17, 15) is 19.8 Å². The molecule has 1 heterocycles. The number of aliphatic hydroxyl groups excluding tert-OH is 2. The molecule has 8 nitrogen and oxygen atoms in total. The number of aliphatic hydroxyl groups is 2. The number of anilines is 2. The molecule has 1 aromatic heterocycles. The number of nitrogens with one attached hydrogen (secondary N) is 1. The van der Waals surface area contributed by atoms with Gasteiger partial charge in [-0.25, -0.2) is 4.79 Å². The Morgan fingerprint density at radius 3 is 2.33 bits per heavy atom. The van der Waals surface area contributed by atoms with E-state index in [2.05, 4.69) is 5.32 Å². The fourth-order valence-corrected chi connectivity index (χ4v) is 1.86. The molecule has 0 atom stereocenters. The summed E-state index contributed by atoms with van der Waals surface area (Å²) in [5, 5.41) is 21.4. The molecule has 8 heteroatoms. The maximum atomic E-state index is 12.2. The lowest BCUT2D eigenvalue weighted by Gasteiger charge is -2.28. The van der Waals surface area contributed by atoms with Crippen LogP contribution in [0.15, 0.2) is 9.59 Å². The average Bonchev–Trinajstić information content (AvgIpc) is 2.49. The SMILES string of the molecule is CCCCn1c(N)c(NC(C)(CO)CO)c(=O)n(C)c1=O. The number of hydrogen-bond acceptors (Lipinski definition) is 6. The summed E-state index contributed by atoms with van der Waals surface area (Å²) in [4.78, 5) is 24.3. The Labute approximate surface area is 122 Å². The second-order valence-corrected chi connectivity index (χ2v) is 5.41. The van der Waals surface area contributed by atoms with Gasteiger partial charge in [-0.05, 0) is 13.3 Å². The van der Waals surface area contributed by atoms with Crippen molar-refractivity contribution in [2.24, 2.45) is 7.05 Å². The van der Waals surface area contributed by atoms with Gasteiger partial charge in [-0.1, -0.05) is 13.3 Å². The summed E-state index contributed by atoms with van der Waals surface area (Å²) in [7, 11) is 1.37. The van der Waals surface area contributed by atoms with Crippen molar-refractivity contribution in [2.75, 3.05) is 24.3 Å². The van der Waals surface area contributed by atoms with Crippen molar-refractivity contribution >= 4 is 11.5 Å². The lowest BCUT2D eigenvalue weighted by Crippen LogP contribution is -2.47. The second-order valence-electron chi connectivity index (χ2n) is 5.41. The van der Waals surface area contributed by atoms with Gasteiger partial charge < -0.3 is 21.3 Å². The average molecular weight is 300 g/mol. The van der Waals surface area contributed by atoms with Gasteiger partial charge in [0, 0.05) is 13.6 Å². The van der Waals surface area contributed by atoms with Crippen LogP contribution in [0.3, 0.4) is 0 Å². The van der Waals surface area contributed by atoms with E-state index in [0.29, 0.717) is 6.54 Å². The Balaban J connectivity index is 3.42. The molecular weight excluding hydrogens is 276 g/mol. The van der Waals surface area contributed by atoms with Gasteiger partial charge in [-0.2, -0.15) is 0 Å². The van der Waals surface area contributed by atoms with Gasteiger partial charge in [0.2, 0.25) is 0 Å². The van der Waals surface area contributed by atoms with Crippen molar-refractivity contribution < 1.29 is 10.2 Å². The molecule has 1 rings (SSSR count). The molecule has 0 fully saturated rings. The quantitative estimate of drug-likeness (QED) is 0.517. The van der Waals surface area contributed by atoms with Crippen LogP contribution in [0.4, 0.5) is 11.5 Å². The third kappa shape index (κ3) is 3.45. The second kappa shape index (κ2) is 6.77. The smallest absolute Gasteiger partial charge is 0.332 e. The topological polar surface area (TPSA) is 123 Å². The van der Waals surface area contributed by atoms with Crippen molar-refractivity contribution in [3.8, 4) is 0 Å². The molecule has 1 aromatic rings. The standard InChI is InChI=1S/C13H24N4O4/c1-4-5-6-17-10(14)9(11(20)16(3)12(17)21)15-13(2,7-18)8-19/h15,18-19H,4-8,14H2,1-3H3. The van der Waals surface area contributed by atoms with Crippen LogP contribution in [0.25, 0.3) is 0 Å². The Bertz CT molecular complexity index is 601. The molecule has 120 valence electrons. The summed E-state index contributed by atoms with van der Waals surface area (Å²) >= 11 is 0. The number of aromatic nitrogens is 2. The Hall–Kier alpha value is -1.80. The normalized spacial score (nSPS) is 11.7. The van der Waals surface area contributed by atoms with Gasteiger partial charge >= 0.3 is 5.69 Å². The largest absolute Gasteiger partial charge is 0.394 e. The number of nitrogens with zero attached hydrogens (tertiary/aromatic N) is 2. The predicted molar refractivity (Wildman–Crippen MR) is 81.5 cm³/mol. The molecule has 0 bridgehead atoms. The highest BCUT2D eigenvalue weighted by atomic mass is 16.3. The van der Waals surface area contributed by atoms with Crippen molar-refractivity contribution in [3.05, 3.63) is 20.8 Å². The van der Waals surface area contributed by atoms with Crippen LogP contribution in [0.2, 0.25) is 0 Å². The van der Waals surface area contributed by atoms with Crippen molar-refractivity contribution in [3.63, 3.8) is 0 Å². The summed E-state index contributed by atoms with van der Waals surface area (Å²) in [5.41, 5.74) is 3.78. The first kappa shape index (κ1) is 17.3. The summed E-state index contributed by atoms with van der Waals surface area (Å²) in [6, 6.07) is 0. The highest BCUT2D eigenvalue weighted by Crippen LogP contribution is 2.17. The number of nitrogen functional groups attached to an aromatic ring is 1. The molecule has 0 spiro atoms. The monoisotopic (exact) mass is 300 g/mol. The van der Waals surface area contributed by atoms with Gasteiger partial charge in [-0.3, -0.25) is 13.9 Å². The summed E-state index contributed by atoms with van der Waals surface area (Å²) < 4.78 is 2.28. The highest BCUT2D eigenvalue weighted by molar-refractivity contribution is 5.62. The number of rotatable bonds is 7. The lowest BCUT2D eigenvalue weighted by atomic mass is 10.1. The first-order valence-electron chi connectivity index (χ1n) is 6.90. The minimum Gasteiger partial charge on any atom is -0.394 e. The molecule has 0 aliphatic heterocycles. The van der Waals surface area contributed by atoms with E-state index in [1.54, 1.807) is 6.92 Å². The predicted octanol–water partition coefficient (Wildman–Crippen LogP) is -0.915. The molecule has 5 N–H and O–H groups in total. The van der Waals surface area contributed by atoms with Gasteiger partial charge in [0.1, 0.15) is 11.5 Å². The maximum Gasteiger partial charge on any atom is 0.332 e. The summed E-state index contributed by atoms with van der Waals surface area (Å²) in [5.74, 6) is 0.0182. The molecule has 0 aliphatic rings. The van der Waals surface area contributed by atoms with E-state index < -0.39 is 16.8 Å². The van der Waals surface area contributed by atoms with E-state index >= 15 is 0 Å². The van der Waals surface area contributed by atoms with Crippen LogP contribution in [-0.4, -0.2) is 38.1 Å². The molecular formula is C13H24N4O4. The minimum absolute atomic E-state index is 0.0128. The van der Waals surface area contributed by atoms with Crippen LogP contribution in [0.5, 0.6) is 0 Å². The van der Waals surface area contributed by atoms with Crippen LogP contribution >= 0.6 is 0 Å². The van der Waals surface area contributed by atoms with E-state index in [-0.39, 0.29) is 24.7 Å². The van der Waals surface area contributed by atoms with Gasteiger partial charge in [-0.15, -0.1) is 0 Å². The third-order valence-corrected chi connectivity index (χ3v) is 3.44. The van der Waals surface area contributed by atoms with Crippen molar-refractivity contribution in [1.82, 2.24) is 9.13 Å². The molecule has 0 amide bonds. The molecule has 0 saturated carbocycles. The summed E-state index contributed by atoms with van der Waals surface area (Å²) in [6.45, 7) is 3.16. The molecule has 21 heavy (non-hydrogen) atoms. The van der Waals surface area contributed by atoms with Crippen molar-refractivity contribution in [2.45, 2.75) is 38.8 Å². The van der Waals surface area contributed by atoms with Crippen LogP contribution in [-0.2, 0) is 13.6 Å². The van der Waals surface area contributed by atoms with Crippen LogP contribution < -0.4 is 22.3 Å². The zero-order valence-corrected chi connectivity index (χ0v) is 12.7.